The van der Waals surface area contributed by atoms with Gasteiger partial charge in [-0.2, -0.15) is 0 Å². The molecule has 1 aromatic carbocycles. The Morgan fingerprint density at radius 1 is 1.33 bits per heavy atom. The maximum Gasteiger partial charge on any atom is 0.224 e. The van der Waals surface area contributed by atoms with E-state index in [1.54, 1.807) is 0 Å². The van der Waals surface area contributed by atoms with E-state index in [-0.39, 0.29) is 5.91 Å². The number of hydrogen-bond donors (Lipinski definition) is 2. The Hall–Kier alpha value is -1.51. The summed E-state index contributed by atoms with van der Waals surface area (Å²) in [7, 11) is 0. The molecular formula is C15H22N2O. The summed E-state index contributed by atoms with van der Waals surface area (Å²) >= 11 is 0. The smallest absolute Gasteiger partial charge is 0.224 e. The molecule has 1 saturated carbocycles. The first kappa shape index (κ1) is 12.9. The number of nitrogens with two attached hydrogens (primary N) is 1. The fraction of sp³-hybridized carbons (Fsp3) is 0.533. The van der Waals surface area contributed by atoms with E-state index in [2.05, 4.69) is 5.32 Å². The lowest BCUT2D eigenvalue weighted by atomic mass is 9.87. The first-order valence-corrected chi connectivity index (χ1v) is 6.81. The molecule has 3 heteroatoms. The number of nitrogen functional groups attached to an aromatic ring is 1. The minimum Gasteiger partial charge on any atom is -0.398 e. The van der Waals surface area contributed by atoms with Crippen LogP contribution in [0.25, 0.3) is 0 Å². The second-order valence-electron chi connectivity index (χ2n) is 5.33. The normalized spacial score (nSPS) is 16.5. The van der Waals surface area contributed by atoms with E-state index in [0.29, 0.717) is 12.3 Å². The van der Waals surface area contributed by atoms with E-state index >= 15 is 0 Å². The average Bonchev–Trinajstić information content (AvgIpc) is 2.35. The van der Waals surface area contributed by atoms with Gasteiger partial charge in [0, 0.05) is 17.8 Å². The van der Waals surface area contributed by atoms with Crippen molar-refractivity contribution in [2.45, 2.75) is 45.4 Å². The van der Waals surface area contributed by atoms with Crippen molar-refractivity contribution in [1.29, 1.82) is 0 Å². The summed E-state index contributed by atoms with van der Waals surface area (Å²) in [5.41, 5.74) is 8.40. The zero-order valence-electron chi connectivity index (χ0n) is 11.0. The Balaban J connectivity index is 1.88. The van der Waals surface area contributed by atoms with Crippen molar-refractivity contribution in [2.24, 2.45) is 5.92 Å². The third-order valence-electron chi connectivity index (χ3n) is 3.76. The SMILES string of the molecule is Cc1ccc(NC(=O)CC2CCCCC2)cc1N. The number of aryl methyl sites for hydroxylation is 1. The number of benzene rings is 1. The lowest BCUT2D eigenvalue weighted by Crippen LogP contribution is -2.18. The molecule has 0 aromatic heterocycles. The van der Waals surface area contributed by atoms with Crippen LogP contribution in [0.1, 0.15) is 44.1 Å². The molecule has 0 atom stereocenters. The topological polar surface area (TPSA) is 55.1 Å². The van der Waals surface area contributed by atoms with Gasteiger partial charge in [0.25, 0.3) is 0 Å². The second-order valence-corrected chi connectivity index (χ2v) is 5.33. The van der Waals surface area contributed by atoms with Gasteiger partial charge in [0.05, 0.1) is 0 Å². The van der Waals surface area contributed by atoms with Crippen molar-refractivity contribution < 1.29 is 4.79 Å². The number of rotatable bonds is 3. The first-order valence-electron chi connectivity index (χ1n) is 6.81. The number of amides is 1. The monoisotopic (exact) mass is 246 g/mol. The number of hydrogen-bond acceptors (Lipinski definition) is 2. The number of nitrogens with one attached hydrogen (secondary N) is 1. The van der Waals surface area contributed by atoms with Crippen molar-refractivity contribution in [3.63, 3.8) is 0 Å². The highest BCUT2D eigenvalue weighted by Gasteiger charge is 2.17. The molecular weight excluding hydrogens is 224 g/mol. The van der Waals surface area contributed by atoms with Crippen LogP contribution in [0.15, 0.2) is 18.2 Å². The molecule has 3 nitrogen and oxygen atoms in total. The van der Waals surface area contributed by atoms with Gasteiger partial charge < -0.3 is 11.1 Å². The van der Waals surface area contributed by atoms with E-state index in [0.717, 1.165) is 16.9 Å². The van der Waals surface area contributed by atoms with E-state index in [1.165, 1.54) is 32.1 Å². The third-order valence-corrected chi connectivity index (χ3v) is 3.76. The van der Waals surface area contributed by atoms with Gasteiger partial charge in [-0.3, -0.25) is 4.79 Å². The van der Waals surface area contributed by atoms with Crippen LogP contribution in [0.3, 0.4) is 0 Å². The molecule has 18 heavy (non-hydrogen) atoms. The first-order chi connectivity index (χ1) is 8.65. The molecule has 98 valence electrons. The zero-order valence-corrected chi connectivity index (χ0v) is 11.0. The van der Waals surface area contributed by atoms with Crippen LogP contribution < -0.4 is 11.1 Å². The summed E-state index contributed by atoms with van der Waals surface area (Å²) < 4.78 is 0. The molecule has 2 rings (SSSR count). The summed E-state index contributed by atoms with van der Waals surface area (Å²) in [5.74, 6) is 0.687. The fourth-order valence-electron chi connectivity index (χ4n) is 2.58. The molecule has 0 spiro atoms. The van der Waals surface area contributed by atoms with Crippen molar-refractivity contribution >= 4 is 17.3 Å². The molecule has 1 amide bonds. The molecule has 1 aliphatic rings. The highest BCUT2D eigenvalue weighted by atomic mass is 16.1. The fourth-order valence-corrected chi connectivity index (χ4v) is 2.58. The van der Waals surface area contributed by atoms with Gasteiger partial charge in [0.1, 0.15) is 0 Å². The molecule has 0 heterocycles. The summed E-state index contributed by atoms with van der Waals surface area (Å²) in [5, 5.41) is 2.94. The second kappa shape index (κ2) is 5.89. The van der Waals surface area contributed by atoms with Gasteiger partial charge in [0.15, 0.2) is 0 Å². The van der Waals surface area contributed by atoms with Crippen molar-refractivity contribution in [3.05, 3.63) is 23.8 Å². The van der Waals surface area contributed by atoms with Crippen LogP contribution in [-0.2, 0) is 4.79 Å². The number of carbonyl (C=O) groups is 1. The highest BCUT2D eigenvalue weighted by Crippen LogP contribution is 2.26. The maximum absolute atomic E-state index is 11.9. The lowest BCUT2D eigenvalue weighted by Gasteiger charge is -2.20. The van der Waals surface area contributed by atoms with E-state index < -0.39 is 0 Å². The quantitative estimate of drug-likeness (QED) is 0.802. The van der Waals surface area contributed by atoms with Gasteiger partial charge in [-0.05, 0) is 43.4 Å². The van der Waals surface area contributed by atoms with Gasteiger partial charge >= 0.3 is 0 Å². The molecule has 1 aliphatic carbocycles. The van der Waals surface area contributed by atoms with E-state index in [9.17, 15) is 4.79 Å². The predicted molar refractivity (Wildman–Crippen MR) is 75.4 cm³/mol. The van der Waals surface area contributed by atoms with Gasteiger partial charge in [-0.25, -0.2) is 0 Å². The summed E-state index contributed by atoms with van der Waals surface area (Å²) in [6.45, 7) is 1.96. The number of carbonyl (C=O) groups excluding carboxylic acids is 1. The molecule has 0 bridgehead atoms. The lowest BCUT2D eigenvalue weighted by molar-refractivity contribution is -0.117. The minimum atomic E-state index is 0.116. The summed E-state index contributed by atoms with van der Waals surface area (Å²) in [6.07, 6.45) is 6.91. The Morgan fingerprint density at radius 3 is 2.72 bits per heavy atom. The molecule has 1 fully saturated rings. The minimum absolute atomic E-state index is 0.116. The van der Waals surface area contributed by atoms with Gasteiger partial charge in [-0.1, -0.05) is 25.3 Å². The molecule has 3 N–H and O–H groups in total. The van der Waals surface area contributed by atoms with Crippen LogP contribution in [0.2, 0.25) is 0 Å². The third kappa shape index (κ3) is 3.49. The Labute approximate surface area is 109 Å². The van der Waals surface area contributed by atoms with E-state index in [1.807, 2.05) is 25.1 Å². The van der Waals surface area contributed by atoms with E-state index in [4.69, 9.17) is 5.73 Å². The standard InChI is InChI=1S/C15H22N2O/c1-11-7-8-13(10-14(11)16)17-15(18)9-12-5-3-2-4-6-12/h7-8,10,12H,2-6,9,16H2,1H3,(H,17,18). The highest BCUT2D eigenvalue weighted by molar-refractivity contribution is 5.91. The van der Waals surface area contributed by atoms with Crippen LogP contribution >= 0.6 is 0 Å². The van der Waals surface area contributed by atoms with Crippen molar-refractivity contribution in [2.75, 3.05) is 11.1 Å². The molecule has 0 radical (unpaired) electrons. The average molecular weight is 246 g/mol. The predicted octanol–water partition coefficient (Wildman–Crippen LogP) is 3.49. The molecule has 0 aliphatic heterocycles. The van der Waals surface area contributed by atoms with Gasteiger partial charge in [0.2, 0.25) is 5.91 Å². The van der Waals surface area contributed by atoms with Gasteiger partial charge in [-0.15, -0.1) is 0 Å². The Morgan fingerprint density at radius 2 is 2.06 bits per heavy atom. The largest absolute Gasteiger partial charge is 0.398 e. The van der Waals surface area contributed by atoms with Crippen LogP contribution in [-0.4, -0.2) is 5.91 Å². The number of anilines is 2. The van der Waals surface area contributed by atoms with Crippen LogP contribution in [0.5, 0.6) is 0 Å². The van der Waals surface area contributed by atoms with Crippen LogP contribution in [0.4, 0.5) is 11.4 Å². The molecule has 1 aromatic rings. The molecule has 0 unspecified atom stereocenters. The zero-order chi connectivity index (χ0) is 13.0. The summed E-state index contributed by atoms with van der Waals surface area (Å²) in [4.78, 5) is 11.9. The van der Waals surface area contributed by atoms with Crippen molar-refractivity contribution in [1.82, 2.24) is 0 Å². The van der Waals surface area contributed by atoms with Crippen molar-refractivity contribution in [3.8, 4) is 0 Å². The maximum atomic E-state index is 11.9. The molecule has 0 saturated heterocycles. The summed E-state index contributed by atoms with van der Waals surface area (Å²) in [6, 6.07) is 5.67. The Kier molecular flexibility index (Phi) is 4.24. The Bertz CT molecular complexity index is 423. The van der Waals surface area contributed by atoms with Crippen LogP contribution in [0, 0.1) is 12.8 Å².